The lowest BCUT2D eigenvalue weighted by atomic mass is 10.0. The quantitative estimate of drug-likeness (QED) is 0.472. The third kappa shape index (κ3) is 2.91. The molecule has 0 radical (unpaired) electrons. The number of nitrogens with zero attached hydrogens (tertiary/aromatic N) is 1. The molecular weight excluding hydrogens is 290 g/mol. The van der Waals surface area contributed by atoms with Crippen molar-refractivity contribution in [1.82, 2.24) is 4.90 Å². The molecule has 0 bridgehead atoms. The lowest BCUT2D eigenvalue weighted by molar-refractivity contribution is 0.321. The van der Waals surface area contributed by atoms with Gasteiger partial charge in [0.1, 0.15) is 0 Å². The van der Waals surface area contributed by atoms with E-state index in [-0.39, 0.29) is 0 Å². The van der Waals surface area contributed by atoms with E-state index in [0.29, 0.717) is 13.1 Å². The van der Waals surface area contributed by atoms with E-state index in [1.165, 1.54) is 0 Å². The Balaban J connectivity index is 1.72. The second-order valence-corrected chi connectivity index (χ2v) is 6.13. The van der Waals surface area contributed by atoms with Crippen molar-refractivity contribution in [1.29, 1.82) is 0 Å². The number of benzene rings is 4. The summed E-state index contributed by atoms with van der Waals surface area (Å²) in [4.78, 5) is 1.58. The van der Waals surface area contributed by atoms with Gasteiger partial charge in [-0.15, -0.1) is 0 Å². The molecule has 0 aliphatic heterocycles. The summed E-state index contributed by atoms with van der Waals surface area (Å²) in [5, 5.41) is 4.47. The lowest BCUT2D eigenvalue weighted by Gasteiger charge is -2.19. The van der Waals surface area contributed by atoms with Gasteiger partial charge in [0.2, 0.25) is 0 Å². The predicted molar refractivity (Wildman–Crippen MR) is 103 cm³/mol. The second-order valence-electron chi connectivity index (χ2n) is 6.13. The lowest BCUT2D eigenvalue weighted by Crippen LogP contribution is -2.17. The van der Waals surface area contributed by atoms with Crippen LogP contribution in [0, 0.1) is 0 Å². The Kier molecular flexibility index (Phi) is 3.19. The molecule has 0 aliphatic carbocycles. The fourth-order valence-electron chi connectivity index (χ4n) is 3.33. The molecule has 24 heavy (non-hydrogen) atoms. The standard InChI is InChI=1S/C23H21N/c1-24(16-20-12-6-10-18-8-2-4-14-22(18)20)17-21-13-7-11-19-9-3-5-15-23(19)21/h2-15H,16-17H2,1H3/i1D3. The van der Waals surface area contributed by atoms with Gasteiger partial charge in [0.25, 0.3) is 0 Å². The SMILES string of the molecule is [2H]C([2H])([2H])N(Cc1cccc2ccccc12)Cc1cccc2ccccc12. The fraction of sp³-hybridized carbons (Fsp3) is 0.130. The minimum absolute atomic E-state index is 0.376. The first kappa shape index (κ1) is 11.8. The Bertz CT molecular complexity index is 994. The molecule has 1 heteroatoms. The predicted octanol–water partition coefficient (Wildman–Crippen LogP) is 5.63. The highest BCUT2D eigenvalue weighted by Crippen LogP contribution is 2.22. The maximum absolute atomic E-state index is 8.06. The molecule has 0 saturated heterocycles. The molecule has 4 rings (SSSR count). The van der Waals surface area contributed by atoms with E-state index in [0.717, 1.165) is 32.7 Å². The van der Waals surface area contributed by atoms with E-state index < -0.39 is 6.98 Å². The van der Waals surface area contributed by atoms with Gasteiger partial charge in [0, 0.05) is 17.2 Å². The van der Waals surface area contributed by atoms with Crippen LogP contribution < -0.4 is 0 Å². The van der Waals surface area contributed by atoms with Gasteiger partial charge < -0.3 is 0 Å². The van der Waals surface area contributed by atoms with Crippen LogP contribution in [0.5, 0.6) is 0 Å². The number of fused-ring (bicyclic) bond motifs is 2. The zero-order chi connectivity index (χ0) is 18.9. The first-order valence-corrected chi connectivity index (χ1v) is 8.21. The Morgan fingerprint density at radius 2 is 1.08 bits per heavy atom. The normalized spacial score (nSPS) is 13.8. The highest BCUT2D eigenvalue weighted by molar-refractivity contribution is 5.86. The Morgan fingerprint density at radius 3 is 1.58 bits per heavy atom. The smallest absolute Gasteiger partial charge is 0.0394 e. The summed E-state index contributed by atoms with van der Waals surface area (Å²) in [5.41, 5.74) is 2.06. The van der Waals surface area contributed by atoms with Crippen molar-refractivity contribution in [2.45, 2.75) is 13.1 Å². The van der Waals surface area contributed by atoms with Crippen LogP contribution >= 0.6 is 0 Å². The van der Waals surface area contributed by atoms with Crippen LogP contribution in [0.1, 0.15) is 15.2 Å². The van der Waals surface area contributed by atoms with Crippen molar-refractivity contribution < 1.29 is 4.11 Å². The third-order valence-electron chi connectivity index (χ3n) is 4.48. The summed E-state index contributed by atoms with van der Waals surface area (Å²) in [6.45, 7) is -1.42. The summed E-state index contributed by atoms with van der Waals surface area (Å²) >= 11 is 0. The average Bonchev–Trinajstić information content (AvgIpc) is 2.67. The molecule has 0 unspecified atom stereocenters. The summed E-state index contributed by atoms with van der Waals surface area (Å²) in [6.07, 6.45) is 0. The Labute approximate surface area is 147 Å². The van der Waals surface area contributed by atoms with Crippen LogP contribution in [0.3, 0.4) is 0 Å². The van der Waals surface area contributed by atoms with Crippen molar-refractivity contribution in [3.63, 3.8) is 0 Å². The molecule has 0 spiro atoms. The van der Waals surface area contributed by atoms with Crippen molar-refractivity contribution in [2.24, 2.45) is 0 Å². The van der Waals surface area contributed by atoms with Crippen molar-refractivity contribution in [2.75, 3.05) is 6.98 Å². The first-order chi connectivity index (χ1) is 13.0. The molecule has 0 N–H and O–H groups in total. The van der Waals surface area contributed by atoms with Gasteiger partial charge in [0.15, 0.2) is 0 Å². The van der Waals surface area contributed by atoms with Crippen LogP contribution in [0.2, 0.25) is 0 Å². The molecule has 4 aromatic carbocycles. The molecule has 0 aromatic heterocycles. The third-order valence-corrected chi connectivity index (χ3v) is 4.48. The van der Waals surface area contributed by atoms with E-state index in [4.69, 9.17) is 4.11 Å². The van der Waals surface area contributed by atoms with Crippen molar-refractivity contribution >= 4 is 21.5 Å². The second kappa shape index (κ2) is 6.46. The highest BCUT2D eigenvalue weighted by atomic mass is 15.1. The minimum atomic E-state index is -2.17. The van der Waals surface area contributed by atoms with Gasteiger partial charge in [-0.2, -0.15) is 0 Å². The Morgan fingerprint density at radius 1 is 0.625 bits per heavy atom. The van der Waals surface area contributed by atoms with Crippen LogP contribution in [0.15, 0.2) is 84.9 Å². The fourth-order valence-corrected chi connectivity index (χ4v) is 3.33. The van der Waals surface area contributed by atoms with Gasteiger partial charge in [0.05, 0.1) is 0 Å². The van der Waals surface area contributed by atoms with Gasteiger partial charge in [-0.05, 0) is 39.6 Å². The molecular formula is C23H21N. The average molecular weight is 314 g/mol. The number of hydrogen-bond donors (Lipinski definition) is 0. The summed E-state index contributed by atoms with van der Waals surface area (Å²) < 4.78 is 24.2. The topological polar surface area (TPSA) is 3.24 Å². The Hall–Kier alpha value is -2.64. The largest absolute Gasteiger partial charge is 0.298 e. The first-order valence-electron chi connectivity index (χ1n) is 9.71. The molecule has 0 amide bonds. The zero-order valence-electron chi connectivity index (χ0n) is 16.4. The van der Waals surface area contributed by atoms with Crippen molar-refractivity contribution in [3.8, 4) is 0 Å². The summed E-state index contributed by atoms with van der Waals surface area (Å²) in [5.74, 6) is 0. The summed E-state index contributed by atoms with van der Waals surface area (Å²) in [7, 11) is 0. The van der Waals surface area contributed by atoms with E-state index in [2.05, 4.69) is 36.4 Å². The van der Waals surface area contributed by atoms with Gasteiger partial charge >= 0.3 is 0 Å². The van der Waals surface area contributed by atoms with Gasteiger partial charge in [-0.3, -0.25) is 4.90 Å². The van der Waals surface area contributed by atoms with Crippen LogP contribution in [-0.4, -0.2) is 11.9 Å². The molecule has 0 atom stereocenters. The highest BCUT2D eigenvalue weighted by Gasteiger charge is 2.07. The summed E-state index contributed by atoms with van der Waals surface area (Å²) in [6, 6.07) is 28.4. The van der Waals surface area contributed by atoms with E-state index in [9.17, 15) is 0 Å². The van der Waals surface area contributed by atoms with Crippen LogP contribution in [0.4, 0.5) is 0 Å². The molecule has 118 valence electrons. The maximum Gasteiger partial charge on any atom is 0.0394 e. The molecule has 4 aromatic rings. The van der Waals surface area contributed by atoms with E-state index in [1.54, 1.807) is 4.90 Å². The van der Waals surface area contributed by atoms with E-state index in [1.807, 2.05) is 48.5 Å². The van der Waals surface area contributed by atoms with Crippen LogP contribution in [-0.2, 0) is 13.1 Å². The monoisotopic (exact) mass is 314 g/mol. The zero-order valence-corrected chi connectivity index (χ0v) is 13.4. The number of hydrogen-bond acceptors (Lipinski definition) is 1. The molecule has 1 nitrogen and oxygen atoms in total. The minimum Gasteiger partial charge on any atom is -0.298 e. The molecule has 0 heterocycles. The van der Waals surface area contributed by atoms with Crippen LogP contribution in [0.25, 0.3) is 21.5 Å². The molecule has 0 fully saturated rings. The van der Waals surface area contributed by atoms with Gasteiger partial charge in [-0.1, -0.05) is 84.9 Å². The van der Waals surface area contributed by atoms with E-state index >= 15 is 0 Å². The van der Waals surface area contributed by atoms with Crippen molar-refractivity contribution in [3.05, 3.63) is 96.1 Å². The number of rotatable bonds is 4. The molecule has 0 saturated carbocycles. The van der Waals surface area contributed by atoms with Gasteiger partial charge in [-0.25, -0.2) is 0 Å². The maximum atomic E-state index is 8.06. The molecule has 0 aliphatic rings.